The van der Waals surface area contributed by atoms with Crippen LogP contribution in [-0.2, 0) is 0 Å². The Hall–Kier alpha value is -2.29. The van der Waals surface area contributed by atoms with Gasteiger partial charge in [0.25, 0.3) is 0 Å². The number of rotatable bonds is 2. The Morgan fingerprint density at radius 1 is 1.06 bits per heavy atom. The summed E-state index contributed by atoms with van der Waals surface area (Å²) < 4.78 is 0. The van der Waals surface area contributed by atoms with E-state index in [4.69, 9.17) is 5.73 Å². The molecule has 0 aliphatic rings. The molecule has 2 aromatic rings. The third kappa shape index (κ3) is 1.63. The molecule has 3 nitrogen and oxygen atoms in total. The van der Waals surface area contributed by atoms with E-state index in [1.165, 1.54) is 0 Å². The number of carbonyl (C=O) groups is 1. The Morgan fingerprint density at radius 2 is 1.81 bits per heavy atom. The van der Waals surface area contributed by atoms with Crippen molar-refractivity contribution in [2.75, 3.05) is 5.73 Å². The number of aromatic hydroxyl groups is 1. The van der Waals surface area contributed by atoms with Crippen LogP contribution in [-0.4, -0.2) is 11.4 Å². The molecule has 16 heavy (non-hydrogen) atoms. The van der Waals surface area contributed by atoms with Gasteiger partial charge in [0, 0.05) is 16.8 Å². The monoisotopic (exact) mass is 213 g/mol. The SMILES string of the molecule is Nc1cccc(O)c1-c1ccccc1C=O. The second kappa shape index (κ2) is 4.06. The lowest BCUT2D eigenvalue weighted by atomic mass is 9.98. The molecule has 0 radical (unpaired) electrons. The summed E-state index contributed by atoms with van der Waals surface area (Å²) >= 11 is 0. The zero-order valence-electron chi connectivity index (χ0n) is 8.55. The largest absolute Gasteiger partial charge is 0.507 e. The summed E-state index contributed by atoms with van der Waals surface area (Å²) in [5.74, 6) is 0.0781. The molecular formula is C13H11NO2. The van der Waals surface area contributed by atoms with Crippen molar-refractivity contribution in [2.24, 2.45) is 0 Å². The molecule has 3 heteroatoms. The van der Waals surface area contributed by atoms with E-state index in [1.807, 2.05) is 0 Å². The summed E-state index contributed by atoms with van der Waals surface area (Å²) in [5.41, 5.74) is 7.92. The molecule has 0 aromatic heterocycles. The minimum Gasteiger partial charge on any atom is -0.507 e. The second-order valence-electron chi connectivity index (χ2n) is 3.45. The molecule has 80 valence electrons. The number of anilines is 1. The van der Waals surface area contributed by atoms with Gasteiger partial charge in [-0.1, -0.05) is 30.3 Å². The van der Waals surface area contributed by atoms with Crippen molar-refractivity contribution in [3.63, 3.8) is 0 Å². The molecule has 0 heterocycles. The van der Waals surface area contributed by atoms with Crippen molar-refractivity contribution in [1.29, 1.82) is 0 Å². The predicted molar refractivity (Wildman–Crippen MR) is 63.3 cm³/mol. The number of phenolic OH excluding ortho intramolecular Hbond substituents is 1. The Kier molecular flexibility index (Phi) is 2.60. The van der Waals surface area contributed by atoms with Crippen LogP contribution in [0.4, 0.5) is 5.69 Å². The Labute approximate surface area is 93.1 Å². The van der Waals surface area contributed by atoms with Gasteiger partial charge in [-0.05, 0) is 17.7 Å². The zero-order valence-corrected chi connectivity index (χ0v) is 8.55. The average Bonchev–Trinajstić information content (AvgIpc) is 2.29. The lowest BCUT2D eigenvalue weighted by Gasteiger charge is -2.09. The van der Waals surface area contributed by atoms with Crippen molar-refractivity contribution in [3.8, 4) is 16.9 Å². The second-order valence-corrected chi connectivity index (χ2v) is 3.45. The van der Waals surface area contributed by atoms with E-state index >= 15 is 0 Å². The van der Waals surface area contributed by atoms with E-state index in [9.17, 15) is 9.90 Å². The Morgan fingerprint density at radius 3 is 2.50 bits per heavy atom. The van der Waals surface area contributed by atoms with Crippen LogP contribution in [0.3, 0.4) is 0 Å². The lowest BCUT2D eigenvalue weighted by molar-refractivity contribution is 0.112. The minimum atomic E-state index is 0.0781. The number of hydrogen-bond donors (Lipinski definition) is 2. The van der Waals surface area contributed by atoms with Crippen LogP contribution < -0.4 is 5.73 Å². The van der Waals surface area contributed by atoms with Gasteiger partial charge in [-0.15, -0.1) is 0 Å². The van der Waals surface area contributed by atoms with Crippen LogP contribution >= 0.6 is 0 Å². The Balaban J connectivity index is 2.72. The quantitative estimate of drug-likeness (QED) is 0.595. The van der Waals surface area contributed by atoms with Crippen molar-refractivity contribution >= 4 is 12.0 Å². The van der Waals surface area contributed by atoms with Gasteiger partial charge < -0.3 is 10.8 Å². The summed E-state index contributed by atoms with van der Waals surface area (Å²) in [6, 6.07) is 11.9. The molecular weight excluding hydrogens is 202 g/mol. The molecule has 2 rings (SSSR count). The zero-order chi connectivity index (χ0) is 11.5. The van der Waals surface area contributed by atoms with Gasteiger partial charge in [-0.2, -0.15) is 0 Å². The van der Waals surface area contributed by atoms with Crippen LogP contribution in [0.2, 0.25) is 0 Å². The number of hydrogen-bond acceptors (Lipinski definition) is 3. The van der Waals surface area contributed by atoms with Gasteiger partial charge in [0.1, 0.15) is 5.75 Å². The number of nitrogens with two attached hydrogens (primary N) is 1. The van der Waals surface area contributed by atoms with Crippen molar-refractivity contribution < 1.29 is 9.90 Å². The normalized spacial score (nSPS) is 10.0. The maximum Gasteiger partial charge on any atom is 0.150 e. The third-order valence-electron chi connectivity index (χ3n) is 2.43. The topological polar surface area (TPSA) is 63.3 Å². The summed E-state index contributed by atoms with van der Waals surface area (Å²) in [4.78, 5) is 10.9. The molecule has 0 saturated heterocycles. The summed E-state index contributed by atoms with van der Waals surface area (Å²) in [6.07, 6.45) is 0.751. The highest BCUT2D eigenvalue weighted by molar-refractivity contribution is 5.93. The van der Waals surface area contributed by atoms with E-state index in [2.05, 4.69) is 0 Å². The fourth-order valence-corrected chi connectivity index (χ4v) is 1.68. The number of phenols is 1. The van der Waals surface area contributed by atoms with E-state index < -0.39 is 0 Å². The van der Waals surface area contributed by atoms with Gasteiger partial charge in [0.2, 0.25) is 0 Å². The number of nitrogen functional groups attached to an aromatic ring is 1. The first-order valence-electron chi connectivity index (χ1n) is 4.86. The highest BCUT2D eigenvalue weighted by Gasteiger charge is 2.11. The van der Waals surface area contributed by atoms with E-state index in [0.29, 0.717) is 22.4 Å². The number of carbonyl (C=O) groups excluding carboxylic acids is 1. The standard InChI is InChI=1S/C13H11NO2/c14-11-6-3-7-12(16)13(11)10-5-2-1-4-9(10)8-15/h1-8,16H,14H2. The van der Waals surface area contributed by atoms with Crippen molar-refractivity contribution in [1.82, 2.24) is 0 Å². The molecule has 3 N–H and O–H groups in total. The van der Waals surface area contributed by atoms with Gasteiger partial charge in [0.15, 0.2) is 6.29 Å². The molecule has 0 atom stereocenters. The molecule has 0 unspecified atom stereocenters. The maximum absolute atomic E-state index is 10.9. The van der Waals surface area contributed by atoms with Crippen molar-refractivity contribution in [3.05, 3.63) is 48.0 Å². The van der Waals surface area contributed by atoms with Gasteiger partial charge in [0.05, 0.1) is 0 Å². The predicted octanol–water partition coefficient (Wildman–Crippen LogP) is 2.45. The first-order valence-corrected chi connectivity index (χ1v) is 4.86. The van der Waals surface area contributed by atoms with Crippen LogP contribution in [0.5, 0.6) is 5.75 Å². The van der Waals surface area contributed by atoms with Gasteiger partial charge in [-0.3, -0.25) is 4.79 Å². The average molecular weight is 213 g/mol. The highest BCUT2D eigenvalue weighted by atomic mass is 16.3. The molecule has 0 aliphatic carbocycles. The molecule has 0 amide bonds. The lowest BCUT2D eigenvalue weighted by Crippen LogP contribution is -1.93. The minimum absolute atomic E-state index is 0.0781. The van der Waals surface area contributed by atoms with Gasteiger partial charge in [-0.25, -0.2) is 0 Å². The van der Waals surface area contributed by atoms with Crippen LogP contribution in [0, 0.1) is 0 Å². The van der Waals surface area contributed by atoms with Crippen LogP contribution in [0.1, 0.15) is 10.4 Å². The first-order chi connectivity index (χ1) is 7.74. The molecule has 2 aromatic carbocycles. The third-order valence-corrected chi connectivity index (χ3v) is 2.43. The molecule has 0 saturated carbocycles. The number of benzene rings is 2. The molecule has 0 spiro atoms. The summed E-state index contributed by atoms with van der Waals surface area (Å²) in [7, 11) is 0. The maximum atomic E-state index is 10.9. The Bertz CT molecular complexity index is 515. The molecule has 0 aliphatic heterocycles. The number of aldehydes is 1. The van der Waals surface area contributed by atoms with Crippen LogP contribution in [0.25, 0.3) is 11.1 Å². The van der Waals surface area contributed by atoms with Crippen molar-refractivity contribution in [2.45, 2.75) is 0 Å². The first kappa shape index (κ1) is 10.2. The highest BCUT2D eigenvalue weighted by Crippen LogP contribution is 2.35. The van der Waals surface area contributed by atoms with E-state index in [-0.39, 0.29) is 5.75 Å². The molecule has 0 fully saturated rings. The van der Waals surface area contributed by atoms with E-state index in [1.54, 1.807) is 42.5 Å². The summed E-state index contributed by atoms with van der Waals surface area (Å²) in [6.45, 7) is 0. The fourth-order valence-electron chi connectivity index (χ4n) is 1.68. The van der Waals surface area contributed by atoms with Crippen LogP contribution in [0.15, 0.2) is 42.5 Å². The van der Waals surface area contributed by atoms with E-state index in [0.717, 1.165) is 6.29 Å². The smallest absolute Gasteiger partial charge is 0.150 e. The van der Waals surface area contributed by atoms with Gasteiger partial charge >= 0.3 is 0 Å². The fraction of sp³-hybridized carbons (Fsp3) is 0. The molecule has 0 bridgehead atoms. The summed E-state index contributed by atoms with van der Waals surface area (Å²) in [5, 5.41) is 9.77.